The minimum Gasteiger partial charge on any atom is -0.354 e. The number of hydrogen-bond acceptors (Lipinski definition) is 4. The zero-order valence-corrected chi connectivity index (χ0v) is 15.7. The molecule has 0 radical (unpaired) electrons. The van der Waals surface area contributed by atoms with Gasteiger partial charge in [-0.3, -0.25) is 14.4 Å². The van der Waals surface area contributed by atoms with Crippen LogP contribution >= 0.6 is 0 Å². The van der Waals surface area contributed by atoms with Crippen LogP contribution < -0.4 is 5.32 Å². The summed E-state index contributed by atoms with van der Waals surface area (Å²) >= 11 is 0. The maximum absolute atomic E-state index is 12.5. The van der Waals surface area contributed by atoms with Gasteiger partial charge in [0.15, 0.2) is 0 Å². The Balaban J connectivity index is 1.61. The molecule has 0 saturated carbocycles. The van der Waals surface area contributed by atoms with Gasteiger partial charge >= 0.3 is 0 Å². The van der Waals surface area contributed by atoms with E-state index in [1.54, 1.807) is 11.0 Å². The van der Waals surface area contributed by atoms with E-state index in [1.807, 2.05) is 13.0 Å². The quantitative estimate of drug-likeness (QED) is 0.829. The molecule has 0 bridgehead atoms. The van der Waals surface area contributed by atoms with Crippen molar-refractivity contribution in [3.8, 4) is 0 Å². The number of nitrogens with one attached hydrogen (secondary N) is 1. The van der Waals surface area contributed by atoms with Crippen LogP contribution in [0, 0.1) is 11.8 Å². The molecule has 0 unspecified atom stereocenters. The van der Waals surface area contributed by atoms with Crippen molar-refractivity contribution < 1.29 is 4.79 Å². The minimum absolute atomic E-state index is 0.0619. The van der Waals surface area contributed by atoms with Crippen LogP contribution in [0.2, 0.25) is 0 Å². The molecule has 1 aromatic carbocycles. The molecule has 6 nitrogen and oxygen atoms in total. The molecular weight excluding hydrogens is 326 g/mol. The van der Waals surface area contributed by atoms with E-state index in [-0.39, 0.29) is 17.9 Å². The van der Waals surface area contributed by atoms with E-state index in [0.717, 1.165) is 19.0 Å². The van der Waals surface area contributed by atoms with Gasteiger partial charge in [-0.15, -0.1) is 0 Å². The highest BCUT2D eigenvalue weighted by molar-refractivity contribution is 5.78. The van der Waals surface area contributed by atoms with Crippen LogP contribution in [-0.4, -0.2) is 45.2 Å². The highest BCUT2D eigenvalue weighted by Crippen LogP contribution is 2.26. The molecule has 0 aliphatic carbocycles. The third-order valence-corrected chi connectivity index (χ3v) is 5.29. The molecule has 2 atom stereocenters. The number of likely N-dealkylation sites (tertiary alicyclic amines) is 1. The number of amides is 1. The van der Waals surface area contributed by atoms with Gasteiger partial charge in [-0.1, -0.05) is 44.2 Å². The molecule has 1 aliphatic rings. The summed E-state index contributed by atoms with van der Waals surface area (Å²) in [4.78, 5) is 19.0. The van der Waals surface area contributed by atoms with E-state index in [1.165, 1.54) is 24.7 Å². The van der Waals surface area contributed by atoms with Crippen LogP contribution in [0.4, 0.5) is 0 Å². The van der Waals surface area contributed by atoms with Crippen molar-refractivity contribution in [3.05, 3.63) is 48.5 Å². The minimum atomic E-state index is -0.144. The number of carbonyl (C=O) groups is 1. The Kier molecular flexibility index (Phi) is 6.39. The first-order valence-electron chi connectivity index (χ1n) is 9.52. The first kappa shape index (κ1) is 18.6. The fraction of sp³-hybridized carbons (Fsp3) is 0.550. The largest absolute Gasteiger partial charge is 0.354 e. The molecular formula is C20H29N5O. The van der Waals surface area contributed by atoms with Crippen molar-refractivity contribution in [1.82, 2.24) is 25.0 Å². The summed E-state index contributed by atoms with van der Waals surface area (Å²) < 4.78 is 1.70. The lowest BCUT2D eigenvalue weighted by Crippen LogP contribution is -2.43. The molecule has 6 heteroatoms. The SMILES string of the molecule is CC1CCN([C@H](CNC(=O)[C@@H](C)Cn2cncn2)c2ccccc2)CC1. The summed E-state index contributed by atoms with van der Waals surface area (Å²) in [6.45, 7) is 7.61. The molecule has 1 aliphatic heterocycles. The van der Waals surface area contributed by atoms with Crippen LogP contribution in [0.15, 0.2) is 43.0 Å². The van der Waals surface area contributed by atoms with Crippen LogP contribution in [-0.2, 0) is 11.3 Å². The molecule has 3 rings (SSSR count). The molecule has 1 N–H and O–H groups in total. The normalized spacial score (nSPS) is 18.4. The molecule has 0 spiro atoms. The van der Waals surface area contributed by atoms with Crippen molar-refractivity contribution in [3.63, 3.8) is 0 Å². The summed E-state index contributed by atoms with van der Waals surface area (Å²) in [5.74, 6) is 0.710. The molecule has 26 heavy (non-hydrogen) atoms. The Morgan fingerprint density at radius 3 is 2.65 bits per heavy atom. The number of hydrogen-bond donors (Lipinski definition) is 1. The Morgan fingerprint density at radius 1 is 1.27 bits per heavy atom. The van der Waals surface area contributed by atoms with E-state index in [0.29, 0.717) is 13.1 Å². The van der Waals surface area contributed by atoms with Gasteiger partial charge in [0.1, 0.15) is 12.7 Å². The summed E-state index contributed by atoms with van der Waals surface area (Å²) in [6.07, 6.45) is 5.58. The summed E-state index contributed by atoms with van der Waals surface area (Å²) in [5.41, 5.74) is 1.27. The van der Waals surface area contributed by atoms with Crippen LogP contribution in [0.25, 0.3) is 0 Å². The molecule has 2 aromatic rings. The van der Waals surface area contributed by atoms with Gasteiger partial charge in [0, 0.05) is 6.54 Å². The smallest absolute Gasteiger partial charge is 0.224 e. The predicted molar refractivity (Wildman–Crippen MR) is 101 cm³/mol. The number of piperidine rings is 1. The van der Waals surface area contributed by atoms with Gasteiger partial charge in [-0.2, -0.15) is 5.10 Å². The van der Waals surface area contributed by atoms with E-state index in [4.69, 9.17) is 0 Å². The summed E-state index contributed by atoms with van der Waals surface area (Å²) in [5, 5.41) is 7.24. The van der Waals surface area contributed by atoms with E-state index in [9.17, 15) is 4.79 Å². The first-order chi connectivity index (χ1) is 12.6. The molecule has 1 saturated heterocycles. The second-order valence-corrected chi connectivity index (χ2v) is 7.41. The lowest BCUT2D eigenvalue weighted by Gasteiger charge is -2.37. The zero-order chi connectivity index (χ0) is 18.4. The Labute approximate surface area is 155 Å². The highest BCUT2D eigenvalue weighted by atomic mass is 16.1. The average molecular weight is 355 g/mol. The van der Waals surface area contributed by atoms with E-state index >= 15 is 0 Å². The van der Waals surface area contributed by atoms with Gasteiger partial charge in [0.05, 0.1) is 18.5 Å². The van der Waals surface area contributed by atoms with Crippen molar-refractivity contribution in [2.24, 2.45) is 11.8 Å². The maximum atomic E-state index is 12.5. The molecule has 1 aromatic heterocycles. The van der Waals surface area contributed by atoms with E-state index < -0.39 is 0 Å². The zero-order valence-electron chi connectivity index (χ0n) is 15.7. The second-order valence-electron chi connectivity index (χ2n) is 7.41. The number of nitrogens with zero attached hydrogens (tertiary/aromatic N) is 4. The van der Waals surface area contributed by atoms with Crippen LogP contribution in [0.3, 0.4) is 0 Å². The van der Waals surface area contributed by atoms with Crippen molar-refractivity contribution >= 4 is 5.91 Å². The maximum Gasteiger partial charge on any atom is 0.224 e. The second kappa shape index (κ2) is 8.94. The third-order valence-electron chi connectivity index (χ3n) is 5.29. The van der Waals surface area contributed by atoms with Crippen LogP contribution in [0.5, 0.6) is 0 Å². The topological polar surface area (TPSA) is 63.1 Å². The lowest BCUT2D eigenvalue weighted by molar-refractivity contribution is -0.125. The molecule has 1 fully saturated rings. The number of benzene rings is 1. The summed E-state index contributed by atoms with van der Waals surface area (Å²) in [6, 6.07) is 10.7. The number of carbonyl (C=O) groups excluding carboxylic acids is 1. The highest BCUT2D eigenvalue weighted by Gasteiger charge is 2.25. The van der Waals surface area contributed by atoms with Gasteiger partial charge in [-0.05, 0) is 37.4 Å². The fourth-order valence-corrected chi connectivity index (χ4v) is 3.54. The van der Waals surface area contributed by atoms with Crippen LogP contribution in [0.1, 0.15) is 38.3 Å². The molecule has 2 heterocycles. The van der Waals surface area contributed by atoms with Gasteiger partial charge in [-0.25, -0.2) is 4.98 Å². The third kappa shape index (κ3) is 4.91. The van der Waals surface area contributed by atoms with Gasteiger partial charge in [0.25, 0.3) is 0 Å². The lowest BCUT2D eigenvalue weighted by atomic mass is 9.95. The number of rotatable bonds is 7. The van der Waals surface area contributed by atoms with E-state index in [2.05, 4.69) is 51.5 Å². The predicted octanol–water partition coefficient (Wildman–Crippen LogP) is 2.50. The Bertz CT molecular complexity index is 665. The van der Waals surface area contributed by atoms with Gasteiger partial charge < -0.3 is 5.32 Å². The molecule has 1 amide bonds. The Morgan fingerprint density at radius 2 is 2.00 bits per heavy atom. The van der Waals surface area contributed by atoms with Gasteiger partial charge in [0.2, 0.25) is 5.91 Å². The van der Waals surface area contributed by atoms with Crippen molar-refractivity contribution in [2.75, 3.05) is 19.6 Å². The Hall–Kier alpha value is -2.21. The summed E-state index contributed by atoms with van der Waals surface area (Å²) in [7, 11) is 0. The standard InChI is InChI=1S/C20H29N5O/c1-16-8-10-24(11-9-16)19(18-6-4-3-5-7-18)12-22-20(26)17(2)13-25-15-21-14-23-25/h3-7,14-17,19H,8-13H2,1-2H3,(H,22,26)/t17-,19+/m0/s1. The first-order valence-corrected chi connectivity index (χ1v) is 9.52. The monoisotopic (exact) mass is 355 g/mol. The number of aromatic nitrogens is 3. The molecule has 140 valence electrons. The average Bonchev–Trinajstić information content (AvgIpc) is 3.17. The van der Waals surface area contributed by atoms with Crippen molar-refractivity contribution in [2.45, 2.75) is 39.3 Å². The van der Waals surface area contributed by atoms with Crippen molar-refractivity contribution in [1.29, 1.82) is 0 Å². The fourth-order valence-electron chi connectivity index (χ4n) is 3.54.